The molecule has 4 aromatic heterocycles. The number of imidazole rings is 1. The molecule has 0 radical (unpaired) electrons. The van der Waals surface area contributed by atoms with Gasteiger partial charge in [-0.2, -0.15) is 4.98 Å². The van der Waals surface area contributed by atoms with Crippen molar-refractivity contribution in [1.82, 2.24) is 34.1 Å². The molecule has 0 aromatic carbocycles. The summed E-state index contributed by atoms with van der Waals surface area (Å²) in [6, 6.07) is 1.65. The number of nitrogens with zero attached hydrogens (tertiary/aromatic N) is 6. The molecule has 0 aliphatic carbocycles. The zero-order chi connectivity index (χ0) is 30.6. The maximum atomic E-state index is 12.3. The molecule has 230 valence electrons. The molecule has 6 rings (SSSR count). The van der Waals surface area contributed by atoms with Crippen LogP contribution in [0.4, 0.5) is 11.8 Å². The first kappa shape index (κ1) is 30.4. The van der Waals surface area contributed by atoms with Crippen LogP contribution in [0, 0.1) is 0 Å². The van der Waals surface area contributed by atoms with E-state index in [1.165, 1.54) is 21.8 Å². The lowest BCUT2D eigenvalue weighted by Gasteiger charge is -2.28. The second-order valence-electron chi connectivity index (χ2n) is 9.85. The van der Waals surface area contributed by atoms with Gasteiger partial charge in [0.2, 0.25) is 5.95 Å². The fourth-order valence-corrected chi connectivity index (χ4v) is 8.45. The first-order valence-corrected chi connectivity index (χ1v) is 17.7. The molecule has 43 heavy (non-hydrogen) atoms. The van der Waals surface area contributed by atoms with Gasteiger partial charge < -0.3 is 45.1 Å². The van der Waals surface area contributed by atoms with Gasteiger partial charge in [0.1, 0.15) is 48.5 Å². The van der Waals surface area contributed by atoms with Crippen molar-refractivity contribution in [2.75, 3.05) is 24.7 Å². The Morgan fingerprint density at radius 3 is 2.77 bits per heavy atom. The summed E-state index contributed by atoms with van der Waals surface area (Å²) in [5, 5.41) is 21.5. The van der Waals surface area contributed by atoms with E-state index in [0.717, 1.165) is 0 Å². The Balaban J connectivity index is 1.26. The van der Waals surface area contributed by atoms with Crippen molar-refractivity contribution in [3.63, 3.8) is 0 Å². The molecule has 4 aromatic rings. The number of ether oxygens (including phenoxy) is 2. The van der Waals surface area contributed by atoms with Crippen LogP contribution in [-0.2, 0) is 34.9 Å². The highest BCUT2D eigenvalue weighted by Crippen LogP contribution is 2.58. The number of H-pyrrole nitrogens is 1. The number of nitrogen functional groups attached to an aromatic ring is 2. The van der Waals surface area contributed by atoms with Gasteiger partial charge in [0.15, 0.2) is 30.0 Å². The Kier molecular flexibility index (Phi) is 8.29. The van der Waals surface area contributed by atoms with E-state index in [1.54, 1.807) is 12.3 Å². The van der Waals surface area contributed by atoms with Crippen molar-refractivity contribution >= 4 is 71.7 Å². The van der Waals surface area contributed by atoms with Crippen LogP contribution in [0.25, 0.3) is 22.2 Å². The zero-order valence-electron chi connectivity index (χ0n) is 21.9. The van der Waals surface area contributed by atoms with Crippen LogP contribution in [0.3, 0.4) is 0 Å². The van der Waals surface area contributed by atoms with Crippen LogP contribution >= 0.6 is 26.0 Å². The second-order valence-corrected chi connectivity index (χ2v) is 15.1. The summed E-state index contributed by atoms with van der Waals surface area (Å²) in [4.78, 5) is 42.6. The van der Waals surface area contributed by atoms with Gasteiger partial charge in [-0.3, -0.25) is 14.3 Å². The number of hydrogen-bond acceptors (Lipinski definition) is 15. The Labute approximate surface area is 252 Å². The van der Waals surface area contributed by atoms with Gasteiger partial charge in [0, 0.05) is 6.20 Å². The molecule has 2 fully saturated rings. The molecule has 0 spiro atoms. The SMILES string of the molecule is Nc1nc2c(ncn2[C@@H]2OC(CO)C[C@H]2P(O)(=S)OC[C@H]2O[C@@H](n3ccc4c(N)ncnc43)[C@H](O)[C@@H]2O[P+](=O)S)c(=O)[nH]1. The van der Waals surface area contributed by atoms with Gasteiger partial charge >= 0.3 is 7.23 Å². The van der Waals surface area contributed by atoms with Gasteiger partial charge in [-0.25, -0.2) is 15.0 Å². The summed E-state index contributed by atoms with van der Waals surface area (Å²) in [5.74, 6) is 0.0721. The summed E-state index contributed by atoms with van der Waals surface area (Å²) < 4.78 is 38.2. The average Bonchev–Trinajstić information content (AvgIpc) is 3.73. The highest BCUT2D eigenvalue weighted by molar-refractivity contribution is 8.39. The highest BCUT2D eigenvalue weighted by atomic mass is 32.7. The third-order valence-electron chi connectivity index (χ3n) is 7.27. The molecule has 6 heterocycles. The Morgan fingerprint density at radius 2 is 2.02 bits per heavy atom. The largest absolute Gasteiger partial charge is 0.582 e. The molecule has 0 bridgehead atoms. The molecule has 0 amide bonds. The van der Waals surface area contributed by atoms with Gasteiger partial charge in [-0.1, -0.05) is 0 Å². The van der Waals surface area contributed by atoms with Crippen LogP contribution in [0.2, 0.25) is 0 Å². The summed E-state index contributed by atoms with van der Waals surface area (Å²) in [5.41, 5.74) is 10.6. The minimum Gasteiger partial charge on any atom is -0.394 e. The van der Waals surface area contributed by atoms with Crippen LogP contribution < -0.4 is 17.0 Å². The van der Waals surface area contributed by atoms with Crippen LogP contribution in [-0.4, -0.2) is 92.4 Å². The van der Waals surface area contributed by atoms with Crippen molar-refractivity contribution in [3.8, 4) is 0 Å². The predicted molar refractivity (Wildman–Crippen MR) is 158 cm³/mol. The van der Waals surface area contributed by atoms with Gasteiger partial charge in [0.25, 0.3) is 5.56 Å². The van der Waals surface area contributed by atoms with Crippen molar-refractivity contribution < 1.29 is 38.2 Å². The number of nitrogens with one attached hydrogen (secondary N) is 1. The van der Waals surface area contributed by atoms with E-state index in [1.807, 2.05) is 0 Å². The molecule has 22 heteroatoms. The molecule has 2 aliphatic heterocycles. The van der Waals surface area contributed by atoms with Crippen molar-refractivity contribution in [2.45, 2.75) is 49.0 Å². The lowest BCUT2D eigenvalue weighted by atomic mass is 10.1. The lowest BCUT2D eigenvalue weighted by molar-refractivity contribution is -0.0472. The molecule has 8 N–H and O–H groups in total. The first-order valence-electron chi connectivity index (χ1n) is 12.7. The van der Waals surface area contributed by atoms with Gasteiger partial charge in [-0.15, -0.1) is 4.52 Å². The first-order chi connectivity index (χ1) is 20.5. The number of rotatable bonds is 9. The minimum atomic E-state index is -3.80. The molecule has 2 aliphatic rings. The molecule has 18 nitrogen and oxygen atoms in total. The normalized spacial score (nSPS) is 29.4. The molecular formula is C21H26N9O9P2S2+. The molecular weight excluding hydrogens is 648 g/mol. The number of anilines is 2. The van der Waals surface area contributed by atoms with E-state index in [2.05, 4.69) is 37.2 Å². The molecule has 3 unspecified atom stereocenters. The Bertz CT molecular complexity index is 1800. The molecule has 9 atom stereocenters. The van der Waals surface area contributed by atoms with E-state index in [-0.39, 0.29) is 42.6 Å². The van der Waals surface area contributed by atoms with Crippen molar-refractivity contribution in [1.29, 1.82) is 0 Å². The fraction of sp³-hybridized carbons (Fsp3) is 0.476. The molecule has 0 saturated carbocycles. The van der Waals surface area contributed by atoms with E-state index in [0.29, 0.717) is 11.0 Å². The number of aliphatic hydroxyl groups is 2. The average molecular weight is 675 g/mol. The smallest absolute Gasteiger partial charge is 0.394 e. The third-order valence-corrected chi connectivity index (χ3v) is 10.9. The number of aliphatic hydroxyl groups excluding tert-OH is 2. The maximum absolute atomic E-state index is 12.3. The van der Waals surface area contributed by atoms with Crippen LogP contribution in [0.15, 0.2) is 29.7 Å². The quantitative estimate of drug-likeness (QED) is 0.0905. The van der Waals surface area contributed by atoms with Crippen LogP contribution in [0.5, 0.6) is 0 Å². The lowest BCUT2D eigenvalue weighted by Crippen LogP contribution is -2.35. The number of aromatic nitrogens is 7. The zero-order valence-corrected chi connectivity index (χ0v) is 25.4. The van der Waals surface area contributed by atoms with Crippen LogP contribution in [0.1, 0.15) is 18.9 Å². The predicted octanol–water partition coefficient (Wildman–Crippen LogP) is -0.0736. The summed E-state index contributed by atoms with van der Waals surface area (Å²) in [7, 11) is -2.48. The van der Waals surface area contributed by atoms with Crippen molar-refractivity contribution in [3.05, 3.63) is 35.3 Å². The summed E-state index contributed by atoms with van der Waals surface area (Å²) in [6.45, 7) is -4.56. The highest BCUT2D eigenvalue weighted by Gasteiger charge is 2.52. The third kappa shape index (κ3) is 5.57. The standard InChI is InChI=1S/C21H25N9O9P2S2/c22-15-9-1-2-29(16(9)25-6-24-15)20-13(32)14(39-40(34)42)10(38-20)5-36-41(35,43)11-3-8(4-31)37-19(11)30-7-26-12-17(30)27-21(23)28-18(12)33/h1-2,6-8,10-11,13-14,19-20,31-32H,3-5H2,(H6-,22,23,24,25,27,28,33,34,35,42,43)/p+1/t8?,10-,11-,13-,14-,19-,20-,41?/m1/s1. The topological polar surface area (TPSA) is 261 Å². The fourth-order valence-electron chi connectivity index (χ4n) is 5.31. The van der Waals surface area contributed by atoms with Gasteiger partial charge in [0.05, 0.1) is 36.7 Å². The minimum absolute atomic E-state index is 0.0130. The number of hydrogen-bond donors (Lipinski definition) is 7. The number of nitrogens with two attached hydrogens (primary N) is 2. The van der Waals surface area contributed by atoms with Crippen molar-refractivity contribution in [2.24, 2.45) is 0 Å². The second kappa shape index (κ2) is 11.7. The summed E-state index contributed by atoms with van der Waals surface area (Å²) >= 11 is 9.40. The van der Waals surface area contributed by atoms with Gasteiger partial charge in [-0.05, 0) is 28.9 Å². The van der Waals surface area contributed by atoms with E-state index in [4.69, 9.17) is 41.8 Å². The monoisotopic (exact) mass is 674 g/mol. The summed E-state index contributed by atoms with van der Waals surface area (Å²) in [6.07, 6.45) is -2.19. The number of thiol groups is 1. The Morgan fingerprint density at radius 1 is 1.23 bits per heavy atom. The molecule has 2 saturated heterocycles. The number of fused-ring (bicyclic) bond motifs is 2. The van der Waals surface area contributed by atoms with E-state index >= 15 is 0 Å². The Hall–Kier alpha value is -2.61. The van der Waals surface area contributed by atoms with E-state index in [9.17, 15) is 24.5 Å². The maximum Gasteiger partial charge on any atom is 0.582 e. The number of aromatic amines is 1. The van der Waals surface area contributed by atoms with E-state index < -0.39 is 61.8 Å².